The van der Waals surface area contributed by atoms with E-state index < -0.39 is 7.32 Å². The Morgan fingerprint density at radius 2 is 2.15 bits per heavy atom. The molecule has 0 saturated carbocycles. The largest absolute Gasteiger partial charge is 0.707 e. The molecule has 0 saturated heterocycles. The molecule has 0 bridgehead atoms. The zero-order chi connectivity index (χ0) is 9.84. The quantitative estimate of drug-likeness (QED) is 0.513. The molecule has 13 heavy (non-hydrogen) atoms. The summed E-state index contributed by atoms with van der Waals surface area (Å²) in [5, 5.41) is 17.0. The highest BCUT2D eigenvalue weighted by molar-refractivity contribution is 6.33. The maximum atomic E-state index is 10.4. The van der Waals surface area contributed by atoms with Crippen molar-refractivity contribution >= 4 is 13.6 Å². The maximum Gasteiger partial charge on any atom is 0.707 e. The molecule has 4 nitrogen and oxygen atoms in total. The van der Waals surface area contributed by atoms with Gasteiger partial charge in [-0.25, -0.2) is 0 Å². The second-order valence-corrected chi connectivity index (χ2v) is 2.58. The van der Waals surface area contributed by atoms with Gasteiger partial charge in [0.15, 0.2) is 0 Å². The van der Waals surface area contributed by atoms with Crippen molar-refractivity contribution in [1.29, 1.82) is 0 Å². The van der Waals surface area contributed by atoms with Gasteiger partial charge < -0.3 is 14.7 Å². The van der Waals surface area contributed by atoms with Gasteiger partial charge in [0.25, 0.3) is 0 Å². The van der Waals surface area contributed by atoms with E-state index in [4.69, 9.17) is 10.0 Å². The second kappa shape index (κ2) is 4.07. The molecule has 0 fully saturated rings. The van der Waals surface area contributed by atoms with Crippen molar-refractivity contribution in [1.82, 2.24) is 0 Å². The van der Waals surface area contributed by atoms with Gasteiger partial charge in [0.05, 0.1) is 0 Å². The van der Waals surface area contributed by atoms with Crippen LogP contribution in [0.25, 0.3) is 0 Å². The molecule has 0 aliphatic heterocycles. The SMILES string of the molecule is Cc1cc(OB(O)O)ccc1C=O. The Morgan fingerprint density at radius 3 is 2.62 bits per heavy atom. The smallest absolute Gasteiger partial charge is 0.512 e. The molecule has 0 aromatic heterocycles. The third-order valence-corrected chi connectivity index (χ3v) is 1.61. The van der Waals surface area contributed by atoms with Crippen LogP contribution >= 0.6 is 0 Å². The molecule has 68 valence electrons. The zero-order valence-corrected chi connectivity index (χ0v) is 7.10. The molecule has 0 aliphatic rings. The van der Waals surface area contributed by atoms with Gasteiger partial charge in [-0.15, -0.1) is 0 Å². The molecule has 5 heteroatoms. The molecule has 1 aromatic rings. The molecule has 0 aliphatic carbocycles. The topological polar surface area (TPSA) is 66.8 Å². The average molecular weight is 180 g/mol. The van der Waals surface area contributed by atoms with Gasteiger partial charge in [0, 0.05) is 5.56 Å². The van der Waals surface area contributed by atoms with Crippen LogP contribution < -0.4 is 4.65 Å². The predicted octanol–water partition coefficient (Wildman–Crippen LogP) is 0.156. The van der Waals surface area contributed by atoms with Gasteiger partial charge in [-0.05, 0) is 30.7 Å². The number of benzene rings is 1. The van der Waals surface area contributed by atoms with E-state index in [1.165, 1.54) is 6.07 Å². The van der Waals surface area contributed by atoms with Gasteiger partial charge in [0.2, 0.25) is 0 Å². The van der Waals surface area contributed by atoms with Crippen molar-refractivity contribution < 1.29 is 19.5 Å². The van der Waals surface area contributed by atoms with Crippen molar-refractivity contribution in [2.45, 2.75) is 6.92 Å². The minimum atomic E-state index is -1.83. The summed E-state index contributed by atoms with van der Waals surface area (Å²) in [7, 11) is -1.83. The van der Waals surface area contributed by atoms with E-state index in [-0.39, 0.29) is 0 Å². The summed E-state index contributed by atoms with van der Waals surface area (Å²) in [4.78, 5) is 10.4. The first kappa shape index (κ1) is 9.76. The van der Waals surface area contributed by atoms with Crippen LogP contribution in [0.2, 0.25) is 0 Å². The van der Waals surface area contributed by atoms with Crippen molar-refractivity contribution in [3.63, 3.8) is 0 Å². The molecule has 0 heterocycles. The van der Waals surface area contributed by atoms with E-state index in [2.05, 4.69) is 4.65 Å². The molecule has 1 rings (SSSR count). The van der Waals surface area contributed by atoms with Crippen LogP contribution in [-0.2, 0) is 0 Å². The number of carbonyl (C=O) groups is 1. The van der Waals surface area contributed by atoms with Gasteiger partial charge in [-0.2, -0.15) is 0 Å². The number of hydrogen-bond donors (Lipinski definition) is 2. The minimum absolute atomic E-state index is 0.318. The van der Waals surface area contributed by atoms with E-state index in [0.29, 0.717) is 11.3 Å². The molecule has 2 N–H and O–H groups in total. The zero-order valence-electron chi connectivity index (χ0n) is 7.10. The van der Waals surface area contributed by atoms with Crippen molar-refractivity contribution in [3.05, 3.63) is 29.3 Å². The Hall–Kier alpha value is -1.33. The standard InChI is InChI=1S/C8H9BO4/c1-6-4-8(13-9(11)12)3-2-7(6)5-10/h2-5,11-12H,1H3. The number of aryl methyl sites for hydroxylation is 1. The summed E-state index contributed by atoms with van der Waals surface area (Å²) in [6, 6.07) is 4.61. The van der Waals surface area contributed by atoms with Crippen LogP contribution in [0, 0.1) is 6.92 Å². The summed E-state index contributed by atoms with van der Waals surface area (Å²) >= 11 is 0. The fraction of sp³-hybridized carbons (Fsp3) is 0.125. The molecule has 0 atom stereocenters. The maximum absolute atomic E-state index is 10.4. The lowest BCUT2D eigenvalue weighted by molar-refractivity contribution is 0.112. The number of aldehydes is 1. The molecule has 1 aromatic carbocycles. The Balaban J connectivity index is 2.89. The first-order valence-corrected chi connectivity index (χ1v) is 3.72. The van der Waals surface area contributed by atoms with Crippen molar-refractivity contribution in [2.24, 2.45) is 0 Å². The van der Waals surface area contributed by atoms with Crippen LogP contribution in [0.15, 0.2) is 18.2 Å². The molecule has 0 radical (unpaired) electrons. The third kappa shape index (κ3) is 2.57. The molecule has 0 unspecified atom stereocenters. The van der Waals surface area contributed by atoms with E-state index in [0.717, 1.165) is 11.8 Å². The van der Waals surface area contributed by atoms with Crippen molar-refractivity contribution in [3.8, 4) is 5.75 Å². The van der Waals surface area contributed by atoms with Crippen LogP contribution in [-0.4, -0.2) is 23.7 Å². The highest BCUT2D eigenvalue weighted by Crippen LogP contribution is 2.15. The molecule has 0 amide bonds. The number of hydrogen-bond acceptors (Lipinski definition) is 4. The molecular formula is C8H9BO4. The summed E-state index contributed by atoms with van der Waals surface area (Å²) in [6.07, 6.45) is 0.731. The Kier molecular flexibility index (Phi) is 3.05. The van der Waals surface area contributed by atoms with Crippen molar-refractivity contribution in [2.75, 3.05) is 0 Å². The third-order valence-electron chi connectivity index (χ3n) is 1.61. The van der Waals surface area contributed by atoms with Crippen LogP contribution in [0.3, 0.4) is 0 Å². The summed E-state index contributed by atoms with van der Waals surface area (Å²) in [5.41, 5.74) is 1.29. The Bertz CT molecular complexity index is 311. The van der Waals surface area contributed by atoms with Crippen LogP contribution in [0.1, 0.15) is 15.9 Å². The van der Waals surface area contributed by atoms with E-state index >= 15 is 0 Å². The highest BCUT2D eigenvalue weighted by Gasteiger charge is 2.11. The van der Waals surface area contributed by atoms with E-state index in [1.807, 2.05) is 0 Å². The predicted molar refractivity (Wildman–Crippen MR) is 47.4 cm³/mol. The fourth-order valence-corrected chi connectivity index (χ4v) is 0.975. The summed E-state index contributed by atoms with van der Waals surface area (Å²) in [5.74, 6) is 0.318. The fourth-order valence-electron chi connectivity index (χ4n) is 0.975. The van der Waals surface area contributed by atoms with Crippen LogP contribution in [0.5, 0.6) is 5.75 Å². The lowest BCUT2D eigenvalue weighted by Gasteiger charge is -2.05. The van der Waals surface area contributed by atoms with Gasteiger partial charge in [-0.1, -0.05) is 0 Å². The lowest BCUT2D eigenvalue weighted by Crippen LogP contribution is -2.20. The first-order valence-electron chi connectivity index (χ1n) is 3.72. The number of rotatable bonds is 3. The van der Waals surface area contributed by atoms with Gasteiger partial charge in [-0.3, -0.25) is 4.79 Å². The first-order chi connectivity index (χ1) is 6.13. The molecular weight excluding hydrogens is 171 g/mol. The average Bonchev–Trinajstić information content (AvgIpc) is 2.03. The molecule has 0 spiro atoms. The van der Waals surface area contributed by atoms with Gasteiger partial charge in [0.1, 0.15) is 12.0 Å². The second-order valence-electron chi connectivity index (χ2n) is 2.58. The number of carbonyl (C=O) groups excluding carboxylic acids is 1. The Labute approximate surface area is 76.0 Å². The normalized spacial score (nSPS) is 9.46. The monoisotopic (exact) mass is 180 g/mol. The van der Waals surface area contributed by atoms with Gasteiger partial charge >= 0.3 is 7.32 Å². The summed E-state index contributed by atoms with van der Waals surface area (Å²) in [6.45, 7) is 1.74. The van der Waals surface area contributed by atoms with E-state index in [9.17, 15) is 4.79 Å². The minimum Gasteiger partial charge on any atom is -0.512 e. The Morgan fingerprint density at radius 1 is 1.46 bits per heavy atom. The highest BCUT2D eigenvalue weighted by atomic mass is 16.6. The summed E-state index contributed by atoms with van der Waals surface area (Å²) < 4.78 is 4.59. The lowest BCUT2D eigenvalue weighted by atomic mass is 10.1. The van der Waals surface area contributed by atoms with E-state index in [1.54, 1.807) is 19.1 Å². The van der Waals surface area contributed by atoms with Crippen LogP contribution in [0.4, 0.5) is 0 Å².